The molecule has 0 aliphatic heterocycles. The molecular weight excluding hydrogens is 629 g/mol. The first kappa shape index (κ1) is 27.8. The summed E-state index contributed by atoms with van der Waals surface area (Å²) in [6.45, 7) is 0. The average Bonchev–Trinajstić information content (AvgIpc) is 3.85. The van der Waals surface area contributed by atoms with Crippen LogP contribution in [0.1, 0.15) is 0 Å². The van der Waals surface area contributed by atoms with E-state index in [1.54, 1.807) is 6.20 Å². The molecule has 11 rings (SSSR count). The van der Waals surface area contributed by atoms with E-state index in [4.69, 9.17) is 14.4 Å². The van der Waals surface area contributed by atoms with Crippen molar-refractivity contribution in [1.29, 1.82) is 0 Å². The summed E-state index contributed by atoms with van der Waals surface area (Å²) in [5.41, 5.74) is 11.6. The summed E-state index contributed by atoms with van der Waals surface area (Å²) in [5, 5.41) is 15.2. The molecule has 238 valence electrons. The highest BCUT2D eigenvalue weighted by atomic mass is 16.3. The summed E-state index contributed by atoms with van der Waals surface area (Å²) >= 11 is 0. The zero-order valence-electron chi connectivity index (χ0n) is 27.1. The van der Waals surface area contributed by atoms with E-state index in [0.717, 1.165) is 71.9 Å². The van der Waals surface area contributed by atoms with E-state index in [1.165, 1.54) is 16.3 Å². The van der Waals surface area contributed by atoms with Gasteiger partial charge in [0.05, 0.1) is 33.5 Å². The lowest BCUT2D eigenvalue weighted by molar-refractivity contribution is 0.640. The molecule has 11 aromatic rings. The van der Waals surface area contributed by atoms with Crippen molar-refractivity contribution in [2.75, 3.05) is 0 Å². The highest BCUT2D eigenvalue weighted by Crippen LogP contribution is 2.38. The van der Waals surface area contributed by atoms with Crippen molar-refractivity contribution in [2.24, 2.45) is 0 Å². The number of fused-ring (bicyclic) bond motifs is 9. The Hall–Kier alpha value is -7.12. The van der Waals surface area contributed by atoms with Gasteiger partial charge in [-0.05, 0) is 71.8 Å². The third kappa shape index (κ3) is 4.18. The van der Waals surface area contributed by atoms with Gasteiger partial charge in [0.15, 0.2) is 5.65 Å². The van der Waals surface area contributed by atoms with Crippen LogP contribution in [0.5, 0.6) is 0 Å². The smallest absolute Gasteiger partial charge is 0.229 e. The fraction of sp³-hybridized carbons (Fsp3) is 0. The quantitative estimate of drug-likeness (QED) is 0.189. The molecule has 0 unspecified atom stereocenters. The standard InChI is InChI=1S/C44H26N6O/c1-3-9-31(10-4-1)49-39-14-8-7-13-33(39)34-17-15-27(23-40(34)49)29-21-37-38-22-30(26-46-44(38)51-43(37)45-25-29)28-16-18-35-36-19-20-47-48-42(36)50(41(35)24-28)32-11-5-2-6-12-32/h1-26H. The fourth-order valence-corrected chi connectivity index (χ4v) is 7.64. The molecule has 0 saturated heterocycles. The van der Waals surface area contributed by atoms with Crippen molar-refractivity contribution < 1.29 is 4.42 Å². The van der Waals surface area contributed by atoms with Gasteiger partial charge >= 0.3 is 0 Å². The van der Waals surface area contributed by atoms with Gasteiger partial charge in [-0.15, -0.1) is 5.10 Å². The number of hydrogen-bond acceptors (Lipinski definition) is 5. The Labute approximate surface area is 290 Å². The normalized spacial score (nSPS) is 11.9. The van der Waals surface area contributed by atoms with Crippen LogP contribution in [0.4, 0.5) is 0 Å². The van der Waals surface area contributed by atoms with Gasteiger partial charge in [0.25, 0.3) is 0 Å². The number of para-hydroxylation sites is 3. The molecule has 0 bridgehead atoms. The minimum absolute atomic E-state index is 0.563. The maximum atomic E-state index is 6.16. The maximum Gasteiger partial charge on any atom is 0.229 e. The second-order valence-corrected chi connectivity index (χ2v) is 12.8. The lowest BCUT2D eigenvalue weighted by Gasteiger charge is -2.09. The van der Waals surface area contributed by atoms with Gasteiger partial charge in [0.1, 0.15) is 0 Å². The van der Waals surface area contributed by atoms with E-state index in [9.17, 15) is 0 Å². The number of hydrogen-bond donors (Lipinski definition) is 0. The van der Waals surface area contributed by atoms with Crippen LogP contribution in [0, 0.1) is 0 Å². The molecule has 0 saturated carbocycles. The molecule has 0 amide bonds. The molecule has 0 atom stereocenters. The van der Waals surface area contributed by atoms with Crippen LogP contribution in [0.3, 0.4) is 0 Å². The molecule has 0 fully saturated rings. The summed E-state index contributed by atoms with van der Waals surface area (Å²) < 4.78 is 10.7. The molecule has 51 heavy (non-hydrogen) atoms. The number of benzene rings is 5. The van der Waals surface area contributed by atoms with E-state index in [-0.39, 0.29) is 0 Å². The molecule has 0 spiro atoms. The van der Waals surface area contributed by atoms with E-state index in [1.807, 2.05) is 36.7 Å². The Bertz CT molecular complexity index is 2930. The van der Waals surface area contributed by atoms with Gasteiger partial charge in [-0.1, -0.05) is 78.9 Å². The molecule has 6 aromatic heterocycles. The average molecular weight is 655 g/mol. The maximum absolute atomic E-state index is 6.16. The summed E-state index contributed by atoms with van der Waals surface area (Å²) in [4.78, 5) is 9.55. The predicted octanol–water partition coefficient (Wildman–Crippen LogP) is 10.7. The lowest BCUT2D eigenvalue weighted by Crippen LogP contribution is -1.95. The van der Waals surface area contributed by atoms with Crippen LogP contribution in [0.2, 0.25) is 0 Å². The zero-order chi connectivity index (χ0) is 33.5. The van der Waals surface area contributed by atoms with Crippen molar-refractivity contribution in [3.8, 4) is 33.6 Å². The Morgan fingerprint density at radius 2 is 0.961 bits per heavy atom. The minimum Gasteiger partial charge on any atom is -0.419 e. The minimum atomic E-state index is 0.563. The van der Waals surface area contributed by atoms with Gasteiger partial charge in [-0.2, -0.15) is 5.10 Å². The van der Waals surface area contributed by atoms with E-state index in [0.29, 0.717) is 11.4 Å². The first-order valence-corrected chi connectivity index (χ1v) is 16.9. The predicted molar refractivity (Wildman–Crippen MR) is 204 cm³/mol. The highest BCUT2D eigenvalue weighted by molar-refractivity contribution is 6.11. The van der Waals surface area contributed by atoms with Crippen LogP contribution in [0.15, 0.2) is 163 Å². The second kappa shape index (κ2) is 10.7. The van der Waals surface area contributed by atoms with Gasteiger partial charge in [0, 0.05) is 56.4 Å². The van der Waals surface area contributed by atoms with Crippen LogP contribution >= 0.6 is 0 Å². The number of nitrogens with zero attached hydrogens (tertiary/aromatic N) is 6. The number of aromatic nitrogens is 6. The van der Waals surface area contributed by atoms with Crippen molar-refractivity contribution >= 4 is 65.9 Å². The molecule has 6 heterocycles. The summed E-state index contributed by atoms with van der Waals surface area (Å²) in [5.74, 6) is 0. The second-order valence-electron chi connectivity index (χ2n) is 12.8. The van der Waals surface area contributed by atoms with Crippen LogP contribution in [0.25, 0.3) is 99.6 Å². The number of rotatable bonds is 4. The molecular formula is C44H26N6O. The van der Waals surface area contributed by atoms with Crippen molar-refractivity contribution in [2.45, 2.75) is 0 Å². The molecule has 0 N–H and O–H groups in total. The molecule has 5 aromatic carbocycles. The highest BCUT2D eigenvalue weighted by Gasteiger charge is 2.18. The van der Waals surface area contributed by atoms with Crippen molar-refractivity contribution in [3.05, 3.63) is 158 Å². The van der Waals surface area contributed by atoms with Crippen LogP contribution in [-0.2, 0) is 0 Å². The Morgan fingerprint density at radius 3 is 1.63 bits per heavy atom. The SMILES string of the molecule is c1ccc(-n2c3ccccc3c3ccc(-c4cnc5oc6ncc(-c7ccc8c9ccnnc9n(-c9ccccc9)c8c7)cc6c5c4)cc32)cc1. The summed E-state index contributed by atoms with van der Waals surface area (Å²) in [6.07, 6.45) is 5.51. The van der Waals surface area contributed by atoms with Crippen LogP contribution < -0.4 is 0 Å². The third-order valence-corrected chi connectivity index (χ3v) is 10.00. The molecule has 7 heteroatoms. The molecule has 0 radical (unpaired) electrons. The summed E-state index contributed by atoms with van der Waals surface area (Å²) in [6, 6.07) is 48.9. The number of pyridine rings is 2. The first-order valence-electron chi connectivity index (χ1n) is 16.9. The molecule has 7 nitrogen and oxygen atoms in total. The van der Waals surface area contributed by atoms with Crippen molar-refractivity contribution in [1.82, 2.24) is 29.3 Å². The van der Waals surface area contributed by atoms with Gasteiger partial charge in [-0.25, -0.2) is 9.97 Å². The van der Waals surface area contributed by atoms with E-state index < -0.39 is 0 Å². The Balaban J connectivity index is 1.07. The largest absolute Gasteiger partial charge is 0.419 e. The van der Waals surface area contributed by atoms with Crippen molar-refractivity contribution in [3.63, 3.8) is 0 Å². The fourth-order valence-electron chi connectivity index (χ4n) is 7.64. The molecule has 0 aliphatic rings. The van der Waals surface area contributed by atoms with E-state index in [2.05, 4.69) is 135 Å². The Morgan fingerprint density at radius 1 is 0.412 bits per heavy atom. The number of furan rings is 1. The van der Waals surface area contributed by atoms with E-state index >= 15 is 0 Å². The summed E-state index contributed by atoms with van der Waals surface area (Å²) in [7, 11) is 0. The van der Waals surface area contributed by atoms with Gasteiger partial charge < -0.3 is 8.98 Å². The zero-order valence-corrected chi connectivity index (χ0v) is 27.1. The third-order valence-electron chi connectivity index (χ3n) is 10.00. The van der Waals surface area contributed by atoms with Crippen LogP contribution in [-0.4, -0.2) is 29.3 Å². The van der Waals surface area contributed by atoms with Gasteiger partial charge in [0.2, 0.25) is 11.4 Å². The Kier molecular flexibility index (Phi) is 5.83. The first-order chi connectivity index (χ1) is 25.3. The monoisotopic (exact) mass is 654 g/mol. The topological polar surface area (TPSA) is 74.6 Å². The lowest BCUT2D eigenvalue weighted by atomic mass is 10.0. The molecule has 0 aliphatic carbocycles. The van der Waals surface area contributed by atoms with Gasteiger partial charge in [-0.3, -0.25) is 4.57 Å².